The van der Waals surface area contributed by atoms with E-state index in [4.69, 9.17) is 0 Å². The molecule has 0 fully saturated rings. The predicted octanol–water partition coefficient (Wildman–Crippen LogP) is 1.91. The van der Waals surface area contributed by atoms with Gasteiger partial charge in [-0.1, -0.05) is 26.0 Å². The number of carbonyl (C=O) groups excluding carboxylic acids is 2. The van der Waals surface area contributed by atoms with Crippen molar-refractivity contribution in [2.75, 3.05) is 23.5 Å². The summed E-state index contributed by atoms with van der Waals surface area (Å²) < 4.78 is 1.97. The van der Waals surface area contributed by atoms with Gasteiger partial charge in [0.05, 0.1) is 11.0 Å². The van der Waals surface area contributed by atoms with Crippen LogP contribution in [0.1, 0.15) is 20.3 Å². The number of urea groups is 1. The molecule has 1 aromatic carbocycles. The molecule has 1 aromatic heterocycles. The van der Waals surface area contributed by atoms with Crippen LogP contribution in [0.4, 0.5) is 10.7 Å². The molecule has 30 heavy (non-hydrogen) atoms. The largest absolute Gasteiger partial charge is 0.480 e. The molecule has 0 bridgehead atoms. The lowest BCUT2D eigenvalue weighted by atomic mass is 10.0. The van der Waals surface area contributed by atoms with E-state index in [9.17, 15) is 19.5 Å². The summed E-state index contributed by atoms with van der Waals surface area (Å²) in [6.45, 7) is 4.69. The summed E-state index contributed by atoms with van der Waals surface area (Å²) in [5, 5.41) is 14.7. The predicted molar refractivity (Wildman–Crippen MR) is 117 cm³/mol. The van der Waals surface area contributed by atoms with Crippen molar-refractivity contribution in [1.82, 2.24) is 20.2 Å². The Labute approximate surface area is 179 Å². The first-order valence-corrected chi connectivity index (χ1v) is 11.3. The number of aromatic nitrogens is 2. The maximum absolute atomic E-state index is 13.0. The highest BCUT2D eigenvalue weighted by atomic mass is 32.2. The Bertz CT molecular complexity index is 944. The number of benzene rings is 1. The van der Waals surface area contributed by atoms with Crippen LogP contribution in [0, 0.1) is 5.92 Å². The van der Waals surface area contributed by atoms with Crippen LogP contribution >= 0.6 is 11.8 Å². The van der Waals surface area contributed by atoms with Crippen molar-refractivity contribution in [2.24, 2.45) is 5.92 Å². The van der Waals surface area contributed by atoms with Crippen LogP contribution in [0.15, 0.2) is 24.3 Å². The van der Waals surface area contributed by atoms with Crippen molar-refractivity contribution in [3.05, 3.63) is 24.3 Å². The Hall–Kier alpha value is -2.75. The maximum Gasteiger partial charge on any atom is 0.326 e. The first kappa shape index (κ1) is 21.9. The van der Waals surface area contributed by atoms with Crippen LogP contribution in [-0.2, 0) is 16.1 Å². The second-order valence-corrected chi connectivity index (χ2v) is 8.54. The molecule has 3 N–H and O–H groups in total. The Morgan fingerprint density at radius 2 is 1.93 bits per heavy atom. The normalized spacial score (nSPS) is 15.1. The lowest BCUT2D eigenvalue weighted by Gasteiger charge is -2.26. The topological polar surface area (TPSA) is 117 Å². The number of rotatable bonds is 8. The Morgan fingerprint density at radius 3 is 2.60 bits per heavy atom. The number of carboxylic acids is 1. The van der Waals surface area contributed by atoms with Crippen LogP contribution in [0.5, 0.6) is 0 Å². The van der Waals surface area contributed by atoms with Gasteiger partial charge in [0, 0.05) is 13.1 Å². The van der Waals surface area contributed by atoms with Gasteiger partial charge in [0.25, 0.3) is 0 Å². The van der Waals surface area contributed by atoms with E-state index in [2.05, 4.69) is 15.6 Å². The minimum absolute atomic E-state index is 0.217. The molecule has 3 amide bonds. The van der Waals surface area contributed by atoms with Crippen molar-refractivity contribution < 1.29 is 19.5 Å². The first-order chi connectivity index (χ1) is 14.3. The molecule has 2 atom stereocenters. The van der Waals surface area contributed by atoms with E-state index in [0.717, 1.165) is 11.0 Å². The van der Waals surface area contributed by atoms with Gasteiger partial charge in [-0.2, -0.15) is 11.8 Å². The van der Waals surface area contributed by atoms with E-state index in [-0.39, 0.29) is 5.92 Å². The van der Waals surface area contributed by atoms with Gasteiger partial charge in [0.1, 0.15) is 12.1 Å². The van der Waals surface area contributed by atoms with E-state index >= 15 is 0 Å². The van der Waals surface area contributed by atoms with Crippen LogP contribution in [0.2, 0.25) is 0 Å². The van der Waals surface area contributed by atoms with Crippen molar-refractivity contribution >= 4 is 46.7 Å². The summed E-state index contributed by atoms with van der Waals surface area (Å²) in [6, 6.07) is 5.40. The third kappa shape index (κ3) is 4.53. The fourth-order valence-electron chi connectivity index (χ4n) is 3.48. The lowest BCUT2D eigenvalue weighted by molar-refractivity contribution is -0.142. The number of para-hydroxylation sites is 2. The van der Waals surface area contributed by atoms with Gasteiger partial charge in [-0.3, -0.25) is 9.69 Å². The number of anilines is 1. The molecule has 3 rings (SSSR count). The third-order valence-electron chi connectivity index (χ3n) is 5.12. The molecule has 0 saturated carbocycles. The fraction of sp³-hybridized carbons (Fsp3) is 0.500. The van der Waals surface area contributed by atoms with Crippen molar-refractivity contribution in [2.45, 2.75) is 38.9 Å². The smallest absolute Gasteiger partial charge is 0.326 e. The van der Waals surface area contributed by atoms with Gasteiger partial charge in [0.15, 0.2) is 0 Å². The second-order valence-electron chi connectivity index (χ2n) is 7.56. The van der Waals surface area contributed by atoms with Gasteiger partial charge < -0.3 is 20.3 Å². The summed E-state index contributed by atoms with van der Waals surface area (Å²) in [5.41, 5.74) is 1.76. The van der Waals surface area contributed by atoms with E-state index in [1.165, 1.54) is 16.7 Å². The standard InChI is InChI=1S/C20H27N5O4S/c1-12(2)16(17(26)21-14(18(27)28)8-11-30-3)23-20(29)25-10-9-24-15-7-5-4-6-13(15)22-19(24)25/h4-7,12,14,16H,8-11H2,1-3H3,(H,21,26)(H,23,29)(H,27,28)/t14-,16+/m1/s1. The molecule has 10 heteroatoms. The molecule has 1 aliphatic rings. The average molecular weight is 434 g/mol. The minimum Gasteiger partial charge on any atom is -0.480 e. The number of fused-ring (bicyclic) bond motifs is 3. The second kappa shape index (κ2) is 9.38. The SMILES string of the molecule is CSCC[C@@H](NC(=O)[C@@H](NC(=O)N1CCn2c1nc1ccccc12)C(C)C)C(=O)O. The number of imidazole rings is 1. The molecule has 0 spiro atoms. The Kier molecular flexibility index (Phi) is 6.86. The highest BCUT2D eigenvalue weighted by molar-refractivity contribution is 7.98. The summed E-state index contributed by atoms with van der Waals surface area (Å²) in [5.74, 6) is -0.649. The molecule has 9 nitrogen and oxygen atoms in total. The van der Waals surface area contributed by atoms with Crippen molar-refractivity contribution in [3.63, 3.8) is 0 Å². The number of nitrogens with zero attached hydrogens (tertiary/aromatic N) is 3. The molecule has 0 unspecified atom stereocenters. The molecule has 2 heterocycles. The fourth-order valence-corrected chi connectivity index (χ4v) is 3.95. The quantitative estimate of drug-likeness (QED) is 0.586. The summed E-state index contributed by atoms with van der Waals surface area (Å²) in [4.78, 5) is 43.2. The number of hydrogen-bond acceptors (Lipinski definition) is 5. The van der Waals surface area contributed by atoms with Gasteiger partial charge in [-0.05, 0) is 36.5 Å². The van der Waals surface area contributed by atoms with Gasteiger partial charge in [-0.15, -0.1) is 0 Å². The molecule has 0 radical (unpaired) electrons. The van der Waals surface area contributed by atoms with Crippen LogP contribution in [-0.4, -0.2) is 63.2 Å². The number of nitrogens with one attached hydrogen (secondary N) is 2. The number of carboxylic acid groups (broad SMARTS) is 1. The number of carbonyl (C=O) groups is 3. The molecular formula is C20H27N5O4S. The third-order valence-corrected chi connectivity index (χ3v) is 5.77. The molecular weight excluding hydrogens is 406 g/mol. The summed E-state index contributed by atoms with van der Waals surface area (Å²) in [7, 11) is 0. The molecule has 1 aliphatic heterocycles. The zero-order valence-corrected chi connectivity index (χ0v) is 18.1. The van der Waals surface area contributed by atoms with Gasteiger partial charge in [0.2, 0.25) is 11.9 Å². The maximum atomic E-state index is 13.0. The van der Waals surface area contributed by atoms with Crippen LogP contribution in [0.3, 0.4) is 0 Å². The first-order valence-electron chi connectivity index (χ1n) is 9.89. The molecule has 2 aromatic rings. The van der Waals surface area contributed by atoms with E-state index in [1.807, 2.05) is 35.1 Å². The number of hydrogen-bond donors (Lipinski definition) is 3. The summed E-state index contributed by atoms with van der Waals surface area (Å²) >= 11 is 1.51. The molecule has 0 saturated heterocycles. The van der Waals surface area contributed by atoms with Crippen molar-refractivity contribution in [1.29, 1.82) is 0 Å². The lowest BCUT2D eigenvalue weighted by Crippen LogP contribution is -2.56. The van der Waals surface area contributed by atoms with E-state index < -0.39 is 30.0 Å². The molecule has 162 valence electrons. The number of amides is 3. The Morgan fingerprint density at radius 1 is 1.20 bits per heavy atom. The number of aliphatic carboxylic acids is 1. The van der Waals surface area contributed by atoms with E-state index in [0.29, 0.717) is 31.2 Å². The minimum atomic E-state index is -1.08. The molecule has 0 aliphatic carbocycles. The van der Waals surface area contributed by atoms with Crippen LogP contribution in [0.25, 0.3) is 11.0 Å². The van der Waals surface area contributed by atoms with Gasteiger partial charge >= 0.3 is 12.0 Å². The zero-order chi connectivity index (χ0) is 21.8. The highest BCUT2D eigenvalue weighted by Gasteiger charge is 2.33. The van der Waals surface area contributed by atoms with Gasteiger partial charge in [-0.25, -0.2) is 14.6 Å². The zero-order valence-electron chi connectivity index (χ0n) is 17.3. The highest BCUT2D eigenvalue weighted by Crippen LogP contribution is 2.27. The van der Waals surface area contributed by atoms with E-state index in [1.54, 1.807) is 13.8 Å². The monoisotopic (exact) mass is 433 g/mol. The van der Waals surface area contributed by atoms with Crippen molar-refractivity contribution in [3.8, 4) is 0 Å². The summed E-state index contributed by atoms with van der Waals surface area (Å²) in [6.07, 6.45) is 2.19. The number of thioether (sulfide) groups is 1. The average Bonchev–Trinajstić information content (AvgIpc) is 3.27. The Balaban J connectivity index is 1.72. The van der Waals surface area contributed by atoms with Crippen LogP contribution < -0.4 is 15.5 Å².